The van der Waals surface area contributed by atoms with Gasteiger partial charge in [-0.05, 0) is 32.1 Å². The molecule has 1 heterocycles. The van der Waals surface area contributed by atoms with Crippen LogP contribution in [0.5, 0.6) is 0 Å². The molecular formula is C21H34N2O2. The van der Waals surface area contributed by atoms with E-state index in [1.54, 1.807) is 7.11 Å². The smallest absolute Gasteiger partial charge is 0.131 e. The summed E-state index contributed by atoms with van der Waals surface area (Å²) in [4.78, 5) is 7.50. The Hall–Kier alpha value is -1.39. The summed E-state index contributed by atoms with van der Waals surface area (Å²) in [5.41, 5.74) is 1.11. The Labute approximate surface area is 152 Å². The van der Waals surface area contributed by atoms with Crippen LogP contribution in [0.1, 0.15) is 52.5 Å². The number of likely N-dealkylation sites (tertiary alicyclic amines) is 1. The maximum absolute atomic E-state index is 10.6. The van der Waals surface area contributed by atoms with E-state index in [1.165, 1.54) is 0 Å². The Kier molecular flexibility index (Phi) is 7.45. The molecule has 1 aliphatic rings. The van der Waals surface area contributed by atoms with E-state index in [9.17, 15) is 5.11 Å². The quantitative estimate of drug-likeness (QED) is 0.630. The average molecular weight is 347 g/mol. The van der Waals surface area contributed by atoms with Crippen molar-refractivity contribution in [1.29, 1.82) is 0 Å². The number of piperidine rings is 1. The molecule has 1 aromatic rings. The van der Waals surface area contributed by atoms with Crippen molar-refractivity contribution >= 4 is 5.84 Å². The van der Waals surface area contributed by atoms with Gasteiger partial charge in [-0.2, -0.15) is 0 Å². The molecule has 0 amide bonds. The van der Waals surface area contributed by atoms with Gasteiger partial charge < -0.3 is 14.7 Å². The van der Waals surface area contributed by atoms with Crippen molar-refractivity contribution < 1.29 is 9.84 Å². The van der Waals surface area contributed by atoms with Crippen LogP contribution in [0, 0.1) is 5.92 Å². The fourth-order valence-electron chi connectivity index (χ4n) is 3.67. The van der Waals surface area contributed by atoms with Gasteiger partial charge in [-0.15, -0.1) is 0 Å². The van der Waals surface area contributed by atoms with Gasteiger partial charge in [0.1, 0.15) is 5.84 Å². The van der Waals surface area contributed by atoms with E-state index < -0.39 is 0 Å². The average Bonchev–Trinajstić information content (AvgIpc) is 2.61. The molecule has 0 spiro atoms. The summed E-state index contributed by atoms with van der Waals surface area (Å²) in [6.07, 6.45) is 2.47. The van der Waals surface area contributed by atoms with Crippen molar-refractivity contribution in [2.45, 2.75) is 71.2 Å². The number of ether oxygens (including phenoxy) is 1. The summed E-state index contributed by atoms with van der Waals surface area (Å²) in [5.74, 6) is 1.39. The van der Waals surface area contributed by atoms with Gasteiger partial charge in [0.2, 0.25) is 0 Å². The van der Waals surface area contributed by atoms with Crippen LogP contribution in [-0.4, -0.2) is 53.8 Å². The Morgan fingerprint density at radius 3 is 2.52 bits per heavy atom. The van der Waals surface area contributed by atoms with Crippen LogP contribution in [-0.2, 0) is 4.74 Å². The zero-order valence-electron chi connectivity index (χ0n) is 16.4. The second-order valence-electron chi connectivity index (χ2n) is 7.46. The summed E-state index contributed by atoms with van der Waals surface area (Å²) in [5, 5.41) is 10.6. The molecule has 0 bridgehead atoms. The molecule has 25 heavy (non-hydrogen) atoms. The maximum Gasteiger partial charge on any atom is 0.131 e. The molecule has 1 saturated heterocycles. The van der Waals surface area contributed by atoms with Crippen LogP contribution in [0.15, 0.2) is 35.3 Å². The van der Waals surface area contributed by atoms with Crippen molar-refractivity contribution in [2.24, 2.45) is 10.9 Å². The molecule has 1 fully saturated rings. The molecule has 1 aromatic carbocycles. The summed E-state index contributed by atoms with van der Waals surface area (Å²) in [6.45, 7) is 9.36. The first-order valence-corrected chi connectivity index (χ1v) is 9.58. The minimum Gasteiger partial charge on any atom is -0.391 e. The molecule has 0 aliphatic carbocycles. The van der Waals surface area contributed by atoms with Gasteiger partial charge in [-0.25, -0.2) is 0 Å². The van der Waals surface area contributed by atoms with Crippen molar-refractivity contribution in [2.75, 3.05) is 13.7 Å². The number of methoxy groups -OCH3 is 1. The topological polar surface area (TPSA) is 45.1 Å². The molecule has 140 valence electrons. The first kappa shape index (κ1) is 19.9. The number of hydrogen-bond acceptors (Lipinski definition) is 3. The third-order valence-corrected chi connectivity index (χ3v) is 5.25. The monoisotopic (exact) mass is 346 g/mol. The van der Waals surface area contributed by atoms with Crippen LogP contribution >= 0.6 is 0 Å². The molecule has 0 radical (unpaired) electrons. The highest BCUT2D eigenvalue weighted by molar-refractivity contribution is 5.99. The molecular weight excluding hydrogens is 312 g/mol. The number of nitrogens with zero attached hydrogens (tertiary/aromatic N) is 2. The van der Waals surface area contributed by atoms with Gasteiger partial charge in [0, 0.05) is 18.7 Å². The Balaban J connectivity index is 2.50. The molecule has 4 heteroatoms. The van der Waals surface area contributed by atoms with Gasteiger partial charge in [0.25, 0.3) is 0 Å². The first-order chi connectivity index (χ1) is 12.0. The second kappa shape index (κ2) is 9.35. The van der Waals surface area contributed by atoms with E-state index in [1.807, 2.05) is 6.07 Å². The molecule has 1 aliphatic heterocycles. The van der Waals surface area contributed by atoms with Crippen molar-refractivity contribution in [3.63, 3.8) is 0 Å². The highest BCUT2D eigenvalue weighted by atomic mass is 16.5. The molecule has 1 N–H and O–H groups in total. The third kappa shape index (κ3) is 4.83. The van der Waals surface area contributed by atoms with Gasteiger partial charge in [-0.1, -0.05) is 51.1 Å². The van der Waals surface area contributed by atoms with E-state index in [-0.39, 0.29) is 18.2 Å². The number of aliphatic hydroxyl groups excluding tert-OH is 1. The fourth-order valence-corrected chi connectivity index (χ4v) is 3.67. The number of aliphatic hydroxyl groups is 1. The fraction of sp³-hybridized carbons (Fsp3) is 0.667. The lowest BCUT2D eigenvalue weighted by atomic mass is 9.91. The van der Waals surface area contributed by atoms with E-state index in [0.717, 1.165) is 30.7 Å². The minimum absolute atomic E-state index is 0.101. The number of rotatable bonds is 6. The summed E-state index contributed by atoms with van der Waals surface area (Å²) in [6, 6.07) is 10.9. The lowest BCUT2D eigenvalue weighted by Crippen LogP contribution is -2.55. The highest BCUT2D eigenvalue weighted by Gasteiger charge is 2.36. The largest absolute Gasteiger partial charge is 0.391 e. The Morgan fingerprint density at radius 1 is 1.28 bits per heavy atom. The number of hydrogen-bond donors (Lipinski definition) is 1. The van der Waals surface area contributed by atoms with Gasteiger partial charge in [0.15, 0.2) is 0 Å². The Morgan fingerprint density at radius 2 is 1.96 bits per heavy atom. The SMILES string of the molecule is CC[C@@H]1[C@H](O)CC[C@@H](C)N1C(=N[C@H](COC)C(C)C)c1ccccc1. The molecule has 0 unspecified atom stereocenters. The van der Waals surface area contributed by atoms with Crippen LogP contribution in [0.3, 0.4) is 0 Å². The van der Waals surface area contributed by atoms with Gasteiger partial charge in [-0.3, -0.25) is 4.99 Å². The van der Waals surface area contributed by atoms with Gasteiger partial charge in [0.05, 0.1) is 24.8 Å². The summed E-state index contributed by atoms with van der Waals surface area (Å²) < 4.78 is 5.42. The van der Waals surface area contributed by atoms with Crippen molar-refractivity contribution in [3.05, 3.63) is 35.9 Å². The zero-order valence-corrected chi connectivity index (χ0v) is 16.4. The maximum atomic E-state index is 10.6. The zero-order chi connectivity index (χ0) is 18.4. The number of amidine groups is 1. The normalized spacial score (nSPS) is 26.1. The number of aliphatic imine (C=N–C) groups is 1. The van der Waals surface area contributed by atoms with Crippen molar-refractivity contribution in [3.8, 4) is 0 Å². The highest BCUT2D eigenvalue weighted by Crippen LogP contribution is 2.28. The summed E-state index contributed by atoms with van der Waals surface area (Å²) in [7, 11) is 1.73. The second-order valence-corrected chi connectivity index (χ2v) is 7.46. The predicted molar refractivity (Wildman–Crippen MR) is 104 cm³/mol. The molecule has 0 aromatic heterocycles. The lowest BCUT2D eigenvalue weighted by Gasteiger charge is -2.45. The van der Waals surface area contributed by atoms with Gasteiger partial charge >= 0.3 is 0 Å². The third-order valence-electron chi connectivity index (χ3n) is 5.25. The molecule has 0 saturated carbocycles. The summed E-state index contributed by atoms with van der Waals surface area (Å²) >= 11 is 0. The van der Waals surface area contributed by atoms with E-state index in [2.05, 4.69) is 56.9 Å². The Bertz CT molecular complexity index is 544. The van der Waals surface area contributed by atoms with Crippen molar-refractivity contribution in [1.82, 2.24) is 4.90 Å². The molecule has 4 nitrogen and oxygen atoms in total. The first-order valence-electron chi connectivity index (χ1n) is 9.58. The lowest BCUT2D eigenvalue weighted by molar-refractivity contribution is 0.0211. The van der Waals surface area contributed by atoms with Crippen LogP contribution in [0.2, 0.25) is 0 Å². The molecule has 4 atom stereocenters. The predicted octanol–water partition coefficient (Wildman–Crippen LogP) is 3.73. The molecule has 2 rings (SSSR count). The standard InChI is InChI=1S/C21H34N2O2/c1-6-19-20(24)13-12-16(4)23(19)21(17-10-8-7-9-11-17)22-18(14-25-5)15(2)3/h7-11,15-16,18-20,24H,6,12-14H2,1-5H3/t16-,18-,19-,20-/m1/s1. The van der Waals surface area contributed by atoms with E-state index >= 15 is 0 Å². The van der Waals surface area contributed by atoms with E-state index in [0.29, 0.717) is 18.6 Å². The van der Waals surface area contributed by atoms with Crippen LogP contribution in [0.25, 0.3) is 0 Å². The van der Waals surface area contributed by atoms with Crippen LogP contribution in [0.4, 0.5) is 0 Å². The minimum atomic E-state index is -0.296. The number of benzene rings is 1. The van der Waals surface area contributed by atoms with Crippen LogP contribution < -0.4 is 0 Å². The van der Waals surface area contributed by atoms with E-state index in [4.69, 9.17) is 9.73 Å².